The highest BCUT2D eigenvalue weighted by Crippen LogP contribution is 2.29. The summed E-state index contributed by atoms with van der Waals surface area (Å²) >= 11 is 0. The van der Waals surface area contributed by atoms with Crippen LogP contribution in [0.5, 0.6) is 11.5 Å². The third kappa shape index (κ3) is 4.25. The van der Waals surface area contributed by atoms with Gasteiger partial charge in [-0.05, 0) is 37.1 Å². The molecular weight excluding hydrogens is 330 g/mol. The monoisotopic (exact) mass is 355 g/mol. The van der Waals surface area contributed by atoms with Crippen molar-refractivity contribution in [3.05, 3.63) is 42.1 Å². The van der Waals surface area contributed by atoms with Crippen molar-refractivity contribution in [3.8, 4) is 11.5 Å². The molecule has 3 rings (SSSR count). The molecule has 6 heteroatoms. The second kappa shape index (κ2) is 8.56. The first-order chi connectivity index (χ1) is 12.7. The van der Waals surface area contributed by atoms with Crippen LogP contribution in [0.4, 0.5) is 11.5 Å². The summed E-state index contributed by atoms with van der Waals surface area (Å²) in [6, 6.07) is 9.01. The Bertz CT molecular complexity index is 738. The van der Waals surface area contributed by atoms with Crippen molar-refractivity contribution in [1.82, 2.24) is 4.98 Å². The van der Waals surface area contributed by atoms with Crippen LogP contribution in [-0.2, 0) is 0 Å². The van der Waals surface area contributed by atoms with Crippen molar-refractivity contribution < 1.29 is 14.3 Å². The number of rotatable bonds is 5. The molecule has 1 aromatic heterocycles. The Hall–Kier alpha value is -2.76. The zero-order valence-corrected chi connectivity index (χ0v) is 15.3. The normalized spacial score (nSPS) is 14.5. The predicted octanol–water partition coefficient (Wildman–Crippen LogP) is 3.73. The van der Waals surface area contributed by atoms with Crippen LogP contribution >= 0.6 is 0 Å². The fourth-order valence-corrected chi connectivity index (χ4v) is 3.10. The van der Waals surface area contributed by atoms with Gasteiger partial charge in [0.15, 0.2) is 0 Å². The minimum absolute atomic E-state index is 0.219. The minimum Gasteiger partial charge on any atom is -0.497 e. The van der Waals surface area contributed by atoms with Crippen molar-refractivity contribution in [2.75, 3.05) is 37.5 Å². The van der Waals surface area contributed by atoms with Gasteiger partial charge in [0.25, 0.3) is 5.91 Å². The van der Waals surface area contributed by atoms with Crippen molar-refractivity contribution >= 4 is 17.4 Å². The molecule has 0 aliphatic carbocycles. The molecule has 2 aromatic rings. The first-order valence-corrected chi connectivity index (χ1v) is 8.95. The Labute approximate surface area is 154 Å². The lowest BCUT2D eigenvalue weighted by atomic mass is 10.2. The maximum absolute atomic E-state index is 12.5. The van der Waals surface area contributed by atoms with E-state index in [9.17, 15) is 4.79 Å². The Morgan fingerprint density at radius 1 is 1.04 bits per heavy atom. The number of carbonyl (C=O) groups excluding carboxylic acids is 1. The average Bonchev–Trinajstić information content (AvgIpc) is 2.98. The molecule has 1 aliphatic heterocycles. The maximum atomic E-state index is 12.5. The van der Waals surface area contributed by atoms with Crippen LogP contribution in [0, 0.1) is 0 Å². The number of anilines is 2. The van der Waals surface area contributed by atoms with Gasteiger partial charge < -0.3 is 19.7 Å². The third-order valence-corrected chi connectivity index (χ3v) is 4.60. The van der Waals surface area contributed by atoms with Gasteiger partial charge in [0.05, 0.1) is 25.5 Å². The number of hydrogen-bond donors (Lipinski definition) is 1. The molecule has 1 N–H and O–H groups in total. The molecule has 0 saturated carbocycles. The van der Waals surface area contributed by atoms with Crippen LogP contribution in [0.25, 0.3) is 0 Å². The van der Waals surface area contributed by atoms with Crippen LogP contribution in [0.2, 0.25) is 0 Å². The van der Waals surface area contributed by atoms with Gasteiger partial charge in [-0.15, -0.1) is 0 Å². The summed E-state index contributed by atoms with van der Waals surface area (Å²) in [5.74, 6) is 1.93. The average molecular weight is 355 g/mol. The highest BCUT2D eigenvalue weighted by Gasteiger charge is 2.14. The highest BCUT2D eigenvalue weighted by atomic mass is 16.5. The molecule has 0 unspecified atom stereocenters. The van der Waals surface area contributed by atoms with Gasteiger partial charge in [-0.3, -0.25) is 4.79 Å². The zero-order chi connectivity index (χ0) is 18.4. The molecule has 1 aromatic carbocycles. The van der Waals surface area contributed by atoms with Crippen molar-refractivity contribution in [2.45, 2.75) is 25.7 Å². The molecular formula is C20H25N3O3. The summed E-state index contributed by atoms with van der Waals surface area (Å²) in [4.78, 5) is 19.3. The smallest absolute Gasteiger partial charge is 0.257 e. The zero-order valence-electron chi connectivity index (χ0n) is 15.3. The lowest BCUT2D eigenvalue weighted by Crippen LogP contribution is -2.25. The first kappa shape index (κ1) is 18.0. The van der Waals surface area contributed by atoms with Crippen LogP contribution < -0.4 is 19.7 Å². The minimum atomic E-state index is -0.219. The SMILES string of the molecule is COc1ccc(NC(=O)c2ccc(N3CCCCCC3)nc2)c(OC)c1. The largest absolute Gasteiger partial charge is 0.497 e. The van der Waals surface area contributed by atoms with Gasteiger partial charge in [0.2, 0.25) is 0 Å². The number of nitrogens with zero attached hydrogens (tertiary/aromatic N) is 2. The van der Waals surface area contributed by atoms with E-state index in [2.05, 4.69) is 15.2 Å². The van der Waals surface area contributed by atoms with E-state index in [1.54, 1.807) is 38.6 Å². The molecule has 1 amide bonds. The number of aromatic nitrogens is 1. The van der Waals surface area contributed by atoms with Crippen LogP contribution in [0.1, 0.15) is 36.0 Å². The maximum Gasteiger partial charge on any atom is 0.257 e. The van der Waals surface area contributed by atoms with E-state index >= 15 is 0 Å². The standard InChI is InChI=1S/C20H25N3O3/c1-25-16-8-9-17(18(13-16)26-2)22-20(24)15-7-10-19(21-14-15)23-11-5-3-4-6-12-23/h7-10,13-14H,3-6,11-12H2,1-2H3,(H,22,24). The van der Waals surface area contributed by atoms with E-state index < -0.39 is 0 Å². The summed E-state index contributed by atoms with van der Waals surface area (Å²) in [6.07, 6.45) is 6.58. The van der Waals surface area contributed by atoms with Gasteiger partial charge in [0.1, 0.15) is 17.3 Å². The van der Waals surface area contributed by atoms with Crippen molar-refractivity contribution in [1.29, 1.82) is 0 Å². The van der Waals surface area contributed by atoms with E-state index in [1.165, 1.54) is 25.7 Å². The molecule has 0 bridgehead atoms. The number of nitrogens with one attached hydrogen (secondary N) is 1. The Kier molecular flexibility index (Phi) is 5.94. The molecule has 1 aliphatic rings. The van der Waals surface area contributed by atoms with E-state index in [1.807, 2.05) is 12.1 Å². The van der Waals surface area contributed by atoms with Crippen molar-refractivity contribution in [3.63, 3.8) is 0 Å². The predicted molar refractivity (Wildman–Crippen MR) is 102 cm³/mol. The van der Waals surface area contributed by atoms with Gasteiger partial charge in [-0.25, -0.2) is 4.98 Å². The second-order valence-corrected chi connectivity index (χ2v) is 6.33. The lowest BCUT2D eigenvalue weighted by molar-refractivity contribution is 0.102. The van der Waals surface area contributed by atoms with E-state index in [4.69, 9.17) is 9.47 Å². The number of pyridine rings is 1. The molecule has 2 heterocycles. The number of methoxy groups -OCH3 is 2. The Morgan fingerprint density at radius 3 is 2.42 bits per heavy atom. The first-order valence-electron chi connectivity index (χ1n) is 8.95. The quantitative estimate of drug-likeness (QED) is 0.885. The van der Waals surface area contributed by atoms with Gasteiger partial charge >= 0.3 is 0 Å². The molecule has 26 heavy (non-hydrogen) atoms. The summed E-state index contributed by atoms with van der Waals surface area (Å²) < 4.78 is 10.5. The highest BCUT2D eigenvalue weighted by molar-refractivity contribution is 6.05. The van der Waals surface area contributed by atoms with E-state index in [0.717, 1.165) is 18.9 Å². The summed E-state index contributed by atoms with van der Waals surface area (Å²) in [6.45, 7) is 2.06. The molecule has 0 spiro atoms. The molecule has 6 nitrogen and oxygen atoms in total. The number of amides is 1. The van der Waals surface area contributed by atoms with Crippen LogP contribution in [0.15, 0.2) is 36.5 Å². The van der Waals surface area contributed by atoms with Crippen molar-refractivity contribution in [2.24, 2.45) is 0 Å². The van der Waals surface area contributed by atoms with Gasteiger partial charge in [-0.1, -0.05) is 12.8 Å². The van der Waals surface area contributed by atoms with Gasteiger partial charge in [-0.2, -0.15) is 0 Å². The molecule has 1 saturated heterocycles. The Morgan fingerprint density at radius 2 is 1.81 bits per heavy atom. The van der Waals surface area contributed by atoms with E-state index in [0.29, 0.717) is 22.7 Å². The second-order valence-electron chi connectivity index (χ2n) is 6.33. The van der Waals surface area contributed by atoms with Crippen LogP contribution in [0.3, 0.4) is 0 Å². The summed E-state index contributed by atoms with van der Waals surface area (Å²) in [7, 11) is 3.15. The molecule has 0 radical (unpaired) electrons. The summed E-state index contributed by atoms with van der Waals surface area (Å²) in [5.41, 5.74) is 1.11. The molecule has 138 valence electrons. The number of hydrogen-bond acceptors (Lipinski definition) is 5. The molecule has 1 fully saturated rings. The number of carbonyl (C=O) groups is 1. The number of ether oxygens (including phenoxy) is 2. The fraction of sp³-hybridized carbons (Fsp3) is 0.400. The lowest BCUT2D eigenvalue weighted by Gasteiger charge is -2.21. The third-order valence-electron chi connectivity index (χ3n) is 4.60. The number of benzene rings is 1. The topological polar surface area (TPSA) is 63.7 Å². The Balaban J connectivity index is 1.70. The van der Waals surface area contributed by atoms with Crippen LogP contribution in [-0.4, -0.2) is 38.2 Å². The van der Waals surface area contributed by atoms with Gasteiger partial charge in [0, 0.05) is 25.4 Å². The summed E-state index contributed by atoms with van der Waals surface area (Å²) in [5, 5.41) is 2.86. The van der Waals surface area contributed by atoms with E-state index in [-0.39, 0.29) is 5.91 Å². The fourth-order valence-electron chi connectivity index (χ4n) is 3.10. The molecule has 0 atom stereocenters.